The van der Waals surface area contributed by atoms with Gasteiger partial charge in [-0.05, 0) is 48.4 Å². The third-order valence-corrected chi connectivity index (χ3v) is 3.90. The summed E-state index contributed by atoms with van der Waals surface area (Å²) in [6.07, 6.45) is 6.01. The Morgan fingerprint density at radius 1 is 1.40 bits per heavy atom. The number of nitrogens with one attached hydrogen (secondary N) is 1. The van der Waals surface area contributed by atoms with Crippen LogP contribution in [0.3, 0.4) is 0 Å². The second-order valence-corrected chi connectivity index (χ2v) is 5.33. The Morgan fingerprint density at radius 3 is 2.75 bits per heavy atom. The highest BCUT2D eigenvalue weighted by molar-refractivity contribution is 5.95. The van der Waals surface area contributed by atoms with E-state index in [4.69, 9.17) is 5.11 Å². The molecular formula is C16H19NO3. The average Bonchev–Trinajstić information content (AvgIpc) is 3.23. The summed E-state index contributed by atoms with van der Waals surface area (Å²) in [6.45, 7) is 2.87. The lowest BCUT2D eigenvalue weighted by Crippen LogP contribution is -2.29. The SMILES string of the molecule is CCC1(CNC(=O)c2cccc(/C=C/C(=O)O)c2)CC1. The summed E-state index contributed by atoms with van der Waals surface area (Å²) >= 11 is 0. The lowest BCUT2D eigenvalue weighted by atomic mass is 10.0. The smallest absolute Gasteiger partial charge is 0.328 e. The summed E-state index contributed by atoms with van der Waals surface area (Å²) in [4.78, 5) is 22.6. The first kappa shape index (κ1) is 14.3. The summed E-state index contributed by atoms with van der Waals surface area (Å²) in [6, 6.07) is 6.95. The van der Waals surface area contributed by atoms with Gasteiger partial charge in [-0.1, -0.05) is 19.1 Å². The van der Waals surface area contributed by atoms with Crippen LogP contribution in [0.4, 0.5) is 0 Å². The van der Waals surface area contributed by atoms with E-state index in [1.165, 1.54) is 18.9 Å². The molecule has 20 heavy (non-hydrogen) atoms. The number of carbonyl (C=O) groups is 2. The van der Waals surface area contributed by atoms with Crippen LogP contribution >= 0.6 is 0 Å². The summed E-state index contributed by atoms with van der Waals surface area (Å²) in [5.74, 6) is -1.10. The molecule has 0 heterocycles. The van der Waals surface area contributed by atoms with Crippen LogP contribution < -0.4 is 5.32 Å². The van der Waals surface area contributed by atoms with Crippen molar-refractivity contribution >= 4 is 18.0 Å². The van der Waals surface area contributed by atoms with Crippen LogP contribution in [0.25, 0.3) is 6.08 Å². The van der Waals surface area contributed by atoms with Crippen molar-refractivity contribution in [1.29, 1.82) is 0 Å². The van der Waals surface area contributed by atoms with Crippen LogP contribution in [0.1, 0.15) is 42.1 Å². The average molecular weight is 273 g/mol. The van der Waals surface area contributed by atoms with Gasteiger partial charge >= 0.3 is 5.97 Å². The normalized spacial score (nSPS) is 16.1. The molecule has 1 aliphatic carbocycles. The number of aliphatic carboxylic acids is 1. The summed E-state index contributed by atoms with van der Waals surface area (Å²) in [5.41, 5.74) is 1.58. The zero-order valence-electron chi connectivity index (χ0n) is 11.6. The van der Waals surface area contributed by atoms with Crippen LogP contribution in [0, 0.1) is 5.41 Å². The van der Waals surface area contributed by atoms with E-state index in [1.807, 2.05) is 0 Å². The van der Waals surface area contributed by atoms with Gasteiger partial charge in [0.1, 0.15) is 0 Å². The van der Waals surface area contributed by atoms with Crippen molar-refractivity contribution in [3.05, 3.63) is 41.5 Å². The number of rotatable bonds is 6. The van der Waals surface area contributed by atoms with Gasteiger partial charge in [-0.2, -0.15) is 0 Å². The van der Waals surface area contributed by atoms with Gasteiger partial charge in [0.2, 0.25) is 0 Å². The second-order valence-electron chi connectivity index (χ2n) is 5.33. The number of benzene rings is 1. The fourth-order valence-electron chi connectivity index (χ4n) is 2.15. The van der Waals surface area contributed by atoms with Crippen molar-refractivity contribution < 1.29 is 14.7 Å². The highest BCUT2D eigenvalue weighted by Crippen LogP contribution is 2.47. The number of carbonyl (C=O) groups excluding carboxylic acids is 1. The minimum Gasteiger partial charge on any atom is -0.478 e. The van der Waals surface area contributed by atoms with Gasteiger partial charge in [-0.3, -0.25) is 4.79 Å². The molecule has 2 rings (SSSR count). The van der Waals surface area contributed by atoms with E-state index < -0.39 is 5.97 Å². The molecule has 0 bridgehead atoms. The molecule has 1 fully saturated rings. The Bertz CT molecular complexity index is 544. The zero-order chi connectivity index (χ0) is 14.6. The maximum absolute atomic E-state index is 12.1. The first-order chi connectivity index (χ1) is 9.54. The van der Waals surface area contributed by atoms with Crippen molar-refractivity contribution in [2.24, 2.45) is 5.41 Å². The van der Waals surface area contributed by atoms with Gasteiger partial charge < -0.3 is 10.4 Å². The first-order valence-corrected chi connectivity index (χ1v) is 6.84. The molecule has 1 saturated carbocycles. The van der Waals surface area contributed by atoms with E-state index >= 15 is 0 Å². The molecule has 106 valence electrons. The third-order valence-electron chi connectivity index (χ3n) is 3.90. The first-order valence-electron chi connectivity index (χ1n) is 6.84. The maximum atomic E-state index is 12.1. The monoisotopic (exact) mass is 273 g/mol. The van der Waals surface area contributed by atoms with Crippen molar-refractivity contribution in [2.45, 2.75) is 26.2 Å². The number of hydrogen-bond donors (Lipinski definition) is 2. The molecule has 0 atom stereocenters. The van der Waals surface area contributed by atoms with Gasteiger partial charge in [-0.15, -0.1) is 0 Å². The maximum Gasteiger partial charge on any atom is 0.328 e. The fourth-order valence-corrected chi connectivity index (χ4v) is 2.15. The molecule has 0 saturated heterocycles. The molecule has 0 aromatic heterocycles. The zero-order valence-corrected chi connectivity index (χ0v) is 11.6. The Morgan fingerprint density at radius 2 is 2.15 bits per heavy atom. The van der Waals surface area contributed by atoms with Gasteiger partial charge in [0, 0.05) is 18.2 Å². The highest BCUT2D eigenvalue weighted by atomic mass is 16.4. The molecule has 0 aliphatic heterocycles. The lowest BCUT2D eigenvalue weighted by Gasteiger charge is -2.13. The molecule has 0 spiro atoms. The number of carboxylic acids is 1. The molecular weight excluding hydrogens is 254 g/mol. The molecule has 4 heteroatoms. The lowest BCUT2D eigenvalue weighted by molar-refractivity contribution is -0.131. The van der Waals surface area contributed by atoms with E-state index in [2.05, 4.69) is 12.2 Å². The van der Waals surface area contributed by atoms with Crippen LogP contribution in [0.5, 0.6) is 0 Å². The molecule has 1 aromatic rings. The van der Waals surface area contributed by atoms with Gasteiger partial charge in [0.25, 0.3) is 5.91 Å². The summed E-state index contributed by atoms with van der Waals surface area (Å²) < 4.78 is 0. The predicted octanol–water partition coefficient (Wildman–Crippen LogP) is 2.70. The van der Waals surface area contributed by atoms with Crippen LogP contribution in [-0.2, 0) is 4.79 Å². The molecule has 1 amide bonds. The van der Waals surface area contributed by atoms with Gasteiger partial charge in [0.05, 0.1) is 0 Å². The van der Waals surface area contributed by atoms with Crippen molar-refractivity contribution in [1.82, 2.24) is 5.32 Å². The van der Waals surface area contributed by atoms with E-state index in [-0.39, 0.29) is 5.91 Å². The second kappa shape index (κ2) is 5.90. The molecule has 1 aliphatic rings. The number of hydrogen-bond acceptors (Lipinski definition) is 2. The largest absolute Gasteiger partial charge is 0.478 e. The van der Waals surface area contributed by atoms with Gasteiger partial charge in [-0.25, -0.2) is 4.79 Å². The molecule has 0 radical (unpaired) electrons. The van der Waals surface area contributed by atoms with E-state index in [9.17, 15) is 9.59 Å². The van der Waals surface area contributed by atoms with E-state index in [0.717, 1.165) is 19.0 Å². The van der Waals surface area contributed by atoms with Crippen LogP contribution in [-0.4, -0.2) is 23.5 Å². The standard InChI is InChI=1S/C16H19NO3/c1-2-16(8-9-16)11-17-15(20)13-5-3-4-12(10-13)6-7-14(18)19/h3-7,10H,2,8-9,11H2,1H3,(H,17,20)(H,18,19)/b7-6+. The summed E-state index contributed by atoms with van der Waals surface area (Å²) in [5, 5.41) is 11.6. The van der Waals surface area contributed by atoms with Crippen molar-refractivity contribution in [3.8, 4) is 0 Å². The Balaban J connectivity index is 1.99. The Labute approximate surface area is 118 Å². The predicted molar refractivity (Wildman–Crippen MR) is 77.4 cm³/mol. The molecule has 0 unspecified atom stereocenters. The molecule has 1 aromatic carbocycles. The quantitative estimate of drug-likeness (QED) is 0.783. The topological polar surface area (TPSA) is 66.4 Å². The van der Waals surface area contributed by atoms with E-state index in [0.29, 0.717) is 16.5 Å². The van der Waals surface area contributed by atoms with Crippen molar-refractivity contribution in [2.75, 3.05) is 6.54 Å². The van der Waals surface area contributed by atoms with Crippen LogP contribution in [0.2, 0.25) is 0 Å². The number of amides is 1. The third kappa shape index (κ3) is 3.70. The Hall–Kier alpha value is -2.10. The molecule has 4 nitrogen and oxygen atoms in total. The van der Waals surface area contributed by atoms with E-state index in [1.54, 1.807) is 24.3 Å². The van der Waals surface area contributed by atoms with Crippen LogP contribution in [0.15, 0.2) is 30.3 Å². The summed E-state index contributed by atoms with van der Waals surface area (Å²) in [7, 11) is 0. The number of carboxylic acid groups (broad SMARTS) is 1. The fraction of sp³-hybridized carbons (Fsp3) is 0.375. The minimum atomic E-state index is -1.00. The van der Waals surface area contributed by atoms with Gasteiger partial charge in [0.15, 0.2) is 0 Å². The minimum absolute atomic E-state index is 0.102. The highest BCUT2D eigenvalue weighted by Gasteiger charge is 2.40. The van der Waals surface area contributed by atoms with Crippen molar-refractivity contribution in [3.63, 3.8) is 0 Å². The molecule has 2 N–H and O–H groups in total. The Kier molecular flexibility index (Phi) is 4.23.